The first kappa shape index (κ1) is 14.1. The van der Waals surface area contributed by atoms with Gasteiger partial charge in [0.25, 0.3) is 5.89 Å². The Morgan fingerprint density at radius 1 is 0.955 bits per heavy atom. The second kappa shape index (κ2) is 6.30. The van der Waals surface area contributed by atoms with Gasteiger partial charge < -0.3 is 13.9 Å². The fraction of sp³-hybridized carbons (Fsp3) is 0.176. The average molecular weight is 296 g/mol. The second-order valence-electron chi connectivity index (χ2n) is 4.76. The van der Waals surface area contributed by atoms with Gasteiger partial charge >= 0.3 is 0 Å². The normalized spacial score (nSPS) is 10.5. The fourth-order valence-electron chi connectivity index (χ4n) is 2.11. The van der Waals surface area contributed by atoms with Crippen molar-refractivity contribution in [2.45, 2.75) is 13.5 Å². The third-order valence-corrected chi connectivity index (χ3v) is 3.26. The highest BCUT2D eigenvalue weighted by Gasteiger charge is 2.11. The maximum atomic E-state index is 5.67. The minimum Gasteiger partial charge on any atom is -0.493 e. The second-order valence-corrected chi connectivity index (χ2v) is 4.76. The molecule has 22 heavy (non-hydrogen) atoms. The smallest absolute Gasteiger partial charge is 0.254 e. The molecule has 0 atom stereocenters. The zero-order valence-electron chi connectivity index (χ0n) is 12.4. The largest absolute Gasteiger partial charge is 0.493 e. The van der Waals surface area contributed by atoms with Gasteiger partial charge in [-0.3, -0.25) is 0 Å². The third kappa shape index (κ3) is 2.93. The van der Waals surface area contributed by atoms with Crippen LogP contribution < -0.4 is 9.47 Å². The number of hydrogen-bond donors (Lipinski definition) is 0. The van der Waals surface area contributed by atoms with E-state index < -0.39 is 0 Å². The van der Waals surface area contributed by atoms with Crippen LogP contribution in [0.4, 0.5) is 0 Å². The molecule has 0 aliphatic rings. The molecule has 0 N–H and O–H groups in total. The van der Waals surface area contributed by atoms with Gasteiger partial charge in [0, 0.05) is 5.56 Å². The molecule has 0 aliphatic carbocycles. The molecule has 0 saturated carbocycles. The van der Waals surface area contributed by atoms with Crippen LogP contribution in [-0.2, 0) is 6.61 Å². The van der Waals surface area contributed by atoms with Gasteiger partial charge in [-0.1, -0.05) is 30.3 Å². The van der Waals surface area contributed by atoms with Crippen LogP contribution >= 0.6 is 0 Å². The van der Waals surface area contributed by atoms with Crippen LogP contribution in [0.25, 0.3) is 11.5 Å². The van der Waals surface area contributed by atoms with Gasteiger partial charge in [0.15, 0.2) is 18.1 Å². The zero-order valence-corrected chi connectivity index (χ0v) is 12.4. The summed E-state index contributed by atoms with van der Waals surface area (Å²) in [5, 5.41) is 8.10. The first-order valence-electron chi connectivity index (χ1n) is 6.92. The molecule has 0 fully saturated rings. The number of para-hydroxylation sites is 2. The molecule has 0 bridgehead atoms. The Bertz CT molecular complexity index is 768. The SMILES string of the molecule is COc1ccccc1OCc1nnc(-c2ccccc2C)o1. The number of methoxy groups -OCH3 is 1. The minimum absolute atomic E-state index is 0.194. The molecular weight excluding hydrogens is 280 g/mol. The van der Waals surface area contributed by atoms with Gasteiger partial charge in [-0.15, -0.1) is 10.2 Å². The summed E-state index contributed by atoms with van der Waals surface area (Å²) in [7, 11) is 1.60. The molecule has 3 aromatic rings. The number of nitrogens with zero attached hydrogens (tertiary/aromatic N) is 2. The number of ether oxygens (including phenoxy) is 2. The van der Waals surface area contributed by atoms with E-state index in [9.17, 15) is 0 Å². The van der Waals surface area contributed by atoms with E-state index in [2.05, 4.69) is 10.2 Å². The van der Waals surface area contributed by atoms with Crippen molar-refractivity contribution < 1.29 is 13.9 Å². The highest BCUT2D eigenvalue weighted by molar-refractivity contribution is 5.57. The summed E-state index contributed by atoms with van der Waals surface area (Å²) >= 11 is 0. The first-order chi connectivity index (χ1) is 10.8. The first-order valence-corrected chi connectivity index (χ1v) is 6.92. The molecule has 2 aromatic carbocycles. The Kier molecular flexibility index (Phi) is 4.05. The Morgan fingerprint density at radius 2 is 1.68 bits per heavy atom. The Morgan fingerprint density at radius 3 is 2.45 bits per heavy atom. The summed E-state index contributed by atoms with van der Waals surface area (Å²) < 4.78 is 16.6. The minimum atomic E-state index is 0.194. The number of rotatable bonds is 5. The van der Waals surface area contributed by atoms with Crippen LogP contribution in [-0.4, -0.2) is 17.3 Å². The Labute approximate surface area is 128 Å². The predicted molar refractivity (Wildman–Crippen MR) is 81.8 cm³/mol. The standard InChI is InChI=1S/C17H16N2O3/c1-12-7-3-4-8-13(12)17-19-18-16(22-17)11-21-15-10-6-5-9-14(15)20-2/h3-10H,11H2,1-2H3. The molecular formula is C17H16N2O3. The van der Waals surface area contributed by atoms with E-state index in [0.29, 0.717) is 23.3 Å². The summed E-state index contributed by atoms with van der Waals surface area (Å²) in [5.41, 5.74) is 2.02. The fourth-order valence-corrected chi connectivity index (χ4v) is 2.11. The topological polar surface area (TPSA) is 57.4 Å². The number of benzene rings is 2. The van der Waals surface area contributed by atoms with Crippen LogP contribution in [0.3, 0.4) is 0 Å². The van der Waals surface area contributed by atoms with Crippen molar-refractivity contribution in [3.63, 3.8) is 0 Å². The molecule has 0 spiro atoms. The zero-order chi connectivity index (χ0) is 15.4. The lowest BCUT2D eigenvalue weighted by Crippen LogP contribution is -1.97. The molecule has 0 aliphatic heterocycles. The summed E-state index contributed by atoms with van der Waals surface area (Å²) in [6.45, 7) is 2.20. The molecule has 112 valence electrons. The van der Waals surface area contributed by atoms with Crippen LogP contribution in [0.2, 0.25) is 0 Å². The monoisotopic (exact) mass is 296 g/mol. The molecule has 5 heteroatoms. The predicted octanol–water partition coefficient (Wildman–Crippen LogP) is 3.63. The molecule has 0 unspecified atom stereocenters. The Hall–Kier alpha value is -2.82. The van der Waals surface area contributed by atoms with E-state index in [1.165, 1.54) is 0 Å². The highest BCUT2D eigenvalue weighted by Crippen LogP contribution is 2.27. The van der Waals surface area contributed by atoms with E-state index in [1.54, 1.807) is 7.11 Å². The molecule has 1 aromatic heterocycles. The third-order valence-electron chi connectivity index (χ3n) is 3.26. The highest BCUT2D eigenvalue weighted by atomic mass is 16.5. The molecule has 0 radical (unpaired) electrons. The van der Waals surface area contributed by atoms with Gasteiger partial charge in [0.2, 0.25) is 5.89 Å². The van der Waals surface area contributed by atoms with Gasteiger partial charge in [-0.05, 0) is 30.7 Å². The van der Waals surface area contributed by atoms with E-state index in [0.717, 1.165) is 11.1 Å². The maximum Gasteiger partial charge on any atom is 0.254 e. The lowest BCUT2D eigenvalue weighted by molar-refractivity contribution is 0.251. The van der Waals surface area contributed by atoms with Crippen LogP contribution in [0.15, 0.2) is 52.9 Å². The quantitative estimate of drug-likeness (QED) is 0.719. The summed E-state index contributed by atoms with van der Waals surface area (Å²) in [6, 6.07) is 15.3. The van der Waals surface area contributed by atoms with Crippen molar-refractivity contribution in [3.8, 4) is 23.0 Å². The molecule has 3 rings (SSSR count). The van der Waals surface area contributed by atoms with Crippen LogP contribution in [0.1, 0.15) is 11.5 Å². The van der Waals surface area contributed by atoms with Crippen molar-refractivity contribution in [2.75, 3.05) is 7.11 Å². The van der Waals surface area contributed by atoms with Crippen molar-refractivity contribution in [1.82, 2.24) is 10.2 Å². The average Bonchev–Trinajstić information content (AvgIpc) is 3.02. The van der Waals surface area contributed by atoms with Crippen molar-refractivity contribution >= 4 is 0 Å². The summed E-state index contributed by atoms with van der Waals surface area (Å²) in [5.74, 6) is 2.22. The van der Waals surface area contributed by atoms with Crippen molar-refractivity contribution in [3.05, 3.63) is 60.0 Å². The van der Waals surface area contributed by atoms with Crippen molar-refractivity contribution in [1.29, 1.82) is 0 Å². The number of aryl methyl sites for hydroxylation is 1. The lowest BCUT2D eigenvalue weighted by Gasteiger charge is -2.08. The van der Waals surface area contributed by atoms with E-state index >= 15 is 0 Å². The van der Waals surface area contributed by atoms with Gasteiger partial charge in [0.1, 0.15) is 0 Å². The molecule has 0 amide bonds. The van der Waals surface area contributed by atoms with Crippen LogP contribution in [0, 0.1) is 6.92 Å². The van der Waals surface area contributed by atoms with Gasteiger partial charge in [-0.25, -0.2) is 0 Å². The van der Waals surface area contributed by atoms with E-state index in [-0.39, 0.29) is 6.61 Å². The van der Waals surface area contributed by atoms with Gasteiger partial charge in [-0.2, -0.15) is 0 Å². The molecule has 5 nitrogen and oxygen atoms in total. The number of aromatic nitrogens is 2. The van der Waals surface area contributed by atoms with E-state index in [1.807, 2.05) is 55.5 Å². The summed E-state index contributed by atoms with van der Waals surface area (Å²) in [6.07, 6.45) is 0. The lowest BCUT2D eigenvalue weighted by atomic mass is 10.1. The molecule has 0 saturated heterocycles. The van der Waals surface area contributed by atoms with Crippen molar-refractivity contribution in [2.24, 2.45) is 0 Å². The van der Waals surface area contributed by atoms with Crippen LogP contribution in [0.5, 0.6) is 11.5 Å². The van der Waals surface area contributed by atoms with E-state index in [4.69, 9.17) is 13.9 Å². The summed E-state index contributed by atoms with van der Waals surface area (Å²) in [4.78, 5) is 0. The van der Waals surface area contributed by atoms with Gasteiger partial charge in [0.05, 0.1) is 7.11 Å². The maximum absolute atomic E-state index is 5.67. The number of hydrogen-bond acceptors (Lipinski definition) is 5. The molecule has 1 heterocycles. The Balaban J connectivity index is 1.74.